The fourth-order valence-electron chi connectivity index (χ4n) is 6.67. The van der Waals surface area contributed by atoms with Crippen molar-refractivity contribution in [2.45, 2.75) is 96.3 Å². The van der Waals surface area contributed by atoms with E-state index in [1.165, 1.54) is 20.8 Å². The van der Waals surface area contributed by atoms with Gasteiger partial charge in [-0.3, -0.25) is 19.2 Å². The summed E-state index contributed by atoms with van der Waals surface area (Å²) in [6.45, 7) is 7.82. The van der Waals surface area contributed by atoms with E-state index in [1.807, 2.05) is 19.9 Å². The molecule has 1 spiro atoms. The number of nitriles is 1. The lowest BCUT2D eigenvalue weighted by atomic mass is 9.84. The van der Waals surface area contributed by atoms with Gasteiger partial charge in [0.1, 0.15) is 18.1 Å². The van der Waals surface area contributed by atoms with Gasteiger partial charge in [-0.1, -0.05) is 34.6 Å². The maximum atomic E-state index is 13.7. The molecule has 4 aliphatic rings. The number of likely N-dealkylation sites (tertiary alicyclic amines) is 1. The van der Waals surface area contributed by atoms with E-state index >= 15 is 0 Å². The first kappa shape index (κ1) is 31.9. The van der Waals surface area contributed by atoms with Crippen molar-refractivity contribution in [3.05, 3.63) is 0 Å². The van der Waals surface area contributed by atoms with Crippen LogP contribution in [0.2, 0.25) is 0 Å². The SMILES string of the molecule is CC(C)(C)[C@H](NC(=O)C(C(F)(F)F)C(F)(F)F)C(=O)N1C[C@H]2[C@@H]([C@H]1C(=O)N[C@H](C#N)C[C@@H]1CC3(CC3)NC1=O)C2(C)C. The highest BCUT2D eigenvalue weighted by molar-refractivity contribution is 5.94. The predicted molar refractivity (Wildman–Crippen MR) is 134 cm³/mol. The number of carbonyl (C=O) groups is 4. The van der Waals surface area contributed by atoms with Crippen LogP contribution in [0.5, 0.6) is 0 Å². The van der Waals surface area contributed by atoms with E-state index in [-0.39, 0.29) is 36.2 Å². The van der Waals surface area contributed by atoms with Gasteiger partial charge in [0.15, 0.2) is 0 Å². The van der Waals surface area contributed by atoms with Crippen molar-refractivity contribution < 1.29 is 45.5 Å². The number of fused-ring (bicyclic) bond motifs is 1. The molecular formula is C27H35F6N5O4. The van der Waals surface area contributed by atoms with Crippen molar-refractivity contribution in [3.63, 3.8) is 0 Å². The lowest BCUT2D eigenvalue weighted by Crippen LogP contribution is -2.61. The topological polar surface area (TPSA) is 131 Å². The van der Waals surface area contributed by atoms with E-state index in [0.717, 1.165) is 17.7 Å². The number of hydrogen-bond donors (Lipinski definition) is 3. The first-order valence-corrected chi connectivity index (χ1v) is 13.8. The third kappa shape index (κ3) is 5.90. The molecule has 2 saturated heterocycles. The van der Waals surface area contributed by atoms with Crippen LogP contribution in [0.15, 0.2) is 0 Å². The van der Waals surface area contributed by atoms with E-state index in [2.05, 4.69) is 10.6 Å². The number of rotatable bonds is 7. The zero-order valence-corrected chi connectivity index (χ0v) is 23.9. The van der Waals surface area contributed by atoms with Crippen LogP contribution >= 0.6 is 0 Å². The summed E-state index contributed by atoms with van der Waals surface area (Å²) in [5, 5.41) is 16.9. The molecule has 0 bridgehead atoms. The van der Waals surface area contributed by atoms with Crippen molar-refractivity contribution in [1.29, 1.82) is 5.26 Å². The Bertz CT molecular complexity index is 1190. The molecule has 0 radical (unpaired) electrons. The summed E-state index contributed by atoms with van der Waals surface area (Å²) >= 11 is 0. The van der Waals surface area contributed by atoms with E-state index in [0.29, 0.717) is 6.42 Å². The average molecular weight is 608 g/mol. The number of hydrogen-bond acceptors (Lipinski definition) is 5. The van der Waals surface area contributed by atoms with E-state index < -0.39 is 70.9 Å². The van der Waals surface area contributed by atoms with Gasteiger partial charge < -0.3 is 20.9 Å². The Labute approximate surface area is 239 Å². The number of halogens is 6. The van der Waals surface area contributed by atoms with Crippen LogP contribution < -0.4 is 16.0 Å². The molecule has 2 saturated carbocycles. The Morgan fingerprint density at radius 2 is 1.64 bits per heavy atom. The molecular weight excluding hydrogens is 572 g/mol. The minimum atomic E-state index is -5.95. The smallest absolute Gasteiger partial charge is 0.350 e. The second-order valence-corrected chi connectivity index (χ2v) is 13.8. The van der Waals surface area contributed by atoms with Gasteiger partial charge in [-0.25, -0.2) is 0 Å². The van der Waals surface area contributed by atoms with Gasteiger partial charge in [-0.15, -0.1) is 0 Å². The van der Waals surface area contributed by atoms with Gasteiger partial charge in [-0.2, -0.15) is 31.6 Å². The number of alkyl halides is 6. The lowest BCUT2D eigenvalue weighted by molar-refractivity contribution is -0.274. The van der Waals surface area contributed by atoms with Crippen LogP contribution in [-0.2, 0) is 19.2 Å². The molecule has 4 fully saturated rings. The standard InChI is InChI=1S/C27H35F6N5O4/c1-23(2,3)18(36-21(41)17(26(28,29)30)27(31,32)33)22(42)38-11-14-15(24(14,4)5)16(38)20(40)35-13(10-34)8-12-9-25(6-7-25)37-19(12)39/h12-18H,6-9,11H2,1-5H3,(H,35,40)(H,36,41)(H,37,39)/t12-,13+,14+,15+,16+,18-/m1/s1. The van der Waals surface area contributed by atoms with Gasteiger partial charge in [0.05, 0.1) is 6.07 Å². The molecule has 4 rings (SSSR count). The molecule has 6 atom stereocenters. The summed E-state index contributed by atoms with van der Waals surface area (Å²) in [6.07, 6.45) is -9.63. The maximum absolute atomic E-state index is 13.7. The molecule has 4 amide bonds. The first-order valence-electron chi connectivity index (χ1n) is 13.8. The minimum Gasteiger partial charge on any atom is -0.350 e. The highest BCUT2D eigenvalue weighted by Gasteiger charge is 2.70. The summed E-state index contributed by atoms with van der Waals surface area (Å²) in [5.74, 6) is -9.74. The van der Waals surface area contributed by atoms with Crippen molar-refractivity contribution >= 4 is 23.6 Å². The first-order chi connectivity index (χ1) is 19.0. The average Bonchev–Trinajstić information content (AvgIpc) is 3.53. The van der Waals surface area contributed by atoms with Crippen molar-refractivity contribution in [2.24, 2.45) is 34.5 Å². The number of amides is 4. The van der Waals surface area contributed by atoms with Crippen LogP contribution in [0.1, 0.15) is 60.3 Å². The van der Waals surface area contributed by atoms with E-state index in [9.17, 15) is 50.8 Å². The molecule has 2 heterocycles. The molecule has 15 heteroatoms. The summed E-state index contributed by atoms with van der Waals surface area (Å²) in [6, 6.07) is -2.10. The zero-order chi connectivity index (χ0) is 31.8. The molecule has 42 heavy (non-hydrogen) atoms. The Hall–Kier alpha value is -3.05. The van der Waals surface area contributed by atoms with Crippen molar-refractivity contribution in [1.82, 2.24) is 20.9 Å². The molecule has 0 aromatic carbocycles. The number of piperidine rings is 1. The largest absolute Gasteiger partial charge is 0.409 e. The monoisotopic (exact) mass is 607 g/mol. The van der Waals surface area contributed by atoms with E-state index in [4.69, 9.17) is 0 Å². The van der Waals surface area contributed by atoms with Crippen LogP contribution in [0.3, 0.4) is 0 Å². The second-order valence-electron chi connectivity index (χ2n) is 13.8. The highest BCUT2D eigenvalue weighted by atomic mass is 19.4. The zero-order valence-electron chi connectivity index (χ0n) is 23.9. The predicted octanol–water partition coefficient (Wildman–Crippen LogP) is 2.81. The van der Waals surface area contributed by atoms with Gasteiger partial charge in [0.2, 0.25) is 29.5 Å². The second kappa shape index (κ2) is 10.0. The van der Waals surface area contributed by atoms with Gasteiger partial charge in [-0.05, 0) is 48.3 Å². The Morgan fingerprint density at radius 3 is 2.10 bits per heavy atom. The molecule has 9 nitrogen and oxygen atoms in total. The normalized spacial score (nSPS) is 28.9. The fraction of sp³-hybridized carbons (Fsp3) is 0.815. The summed E-state index contributed by atoms with van der Waals surface area (Å²) in [4.78, 5) is 53.1. The minimum absolute atomic E-state index is 0.0101. The highest BCUT2D eigenvalue weighted by Crippen LogP contribution is 2.65. The van der Waals surface area contributed by atoms with Crippen LogP contribution in [0, 0.1) is 45.8 Å². The molecule has 0 aromatic rings. The molecule has 0 aromatic heterocycles. The van der Waals surface area contributed by atoms with Crippen molar-refractivity contribution in [3.8, 4) is 6.07 Å². The third-order valence-electron chi connectivity index (χ3n) is 9.32. The molecule has 0 unspecified atom stereocenters. The number of nitrogens with zero attached hydrogens (tertiary/aromatic N) is 2. The summed E-state index contributed by atoms with van der Waals surface area (Å²) < 4.78 is 79.3. The quantitative estimate of drug-likeness (QED) is 0.383. The number of nitrogens with one attached hydrogen (secondary N) is 3. The molecule has 3 N–H and O–H groups in total. The summed E-state index contributed by atoms with van der Waals surface area (Å²) in [5.41, 5.74) is -1.97. The number of carbonyl (C=O) groups excluding carboxylic acids is 4. The van der Waals surface area contributed by atoms with Crippen LogP contribution in [0.25, 0.3) is 0 Å². The Balaban J connectivity index is 1.54. The molecule has 2 aliphatic carbocycles. The van der Waals surface area contributed by atoms with E-state index in [1.54, 1.807) is 5.32 Å². The lowest BCUT2D eigenvalue weighted by Gasteiger charge is -2.38. The Kier molecular flexibility index (Phi) is 7.60. The third-order valence-corrected chi connectivity index (χ3v) is 9.32. The van der Waals surface area contributed by atoms with Gasteiger partial charge in [0.25, 0.3) is 0 Å². The molecule has 234 valence electrons. The maximum Gasteiger partial charge on any atom is 0.409 e. The molecule has 2 aliphatic heterocycles. The van der Waals surface area contributed by atoms with Crippen molar-refractivity contribution in [2.75, 3.05) is 6.54 Å². The Morgan fingerprint density at radius 1 is 1.07 bits per heavy atom. The van der Waals surface area contributed by atoms with Crippen LogP contribution in [0.4, 0.5) is 26.3 Å². The summed E-state index contributed by atoms with van der Waals surface area (Å²) in [7, 11) is 0. The van der Waals surface area contributed by atoms with Gasteiger partial charge in [0, 0.05) is 18.0 Å². The van der Waals surface area contributed by atoms with Gasteiger partial charge >= 0.3 is 12.4 Å². The van der Waals surface area contributed by atoms with Crippen LogP contribution in [-0.4, -0.2) is 71.1 Å². The fourth-order valence-corrected chi connectivity index (χ4v) is 6.67.